The number of halogens is 3. The lowest BCUT2D eigenvalue weighted by atomic mass is 10.2. The van der Waals surface area contributed by atoms with Gasteiger partial charge in [-0.1, -0.05) is 0 Å². The van der Waals surface area contributed by atoms with E-state index in [0.29, 0.717) is 0 Å². The van der Waals surface area contributed by atoms with Gasteiger partial charge in [0.15, 0.2) is 6.61 Å². The molecule has 20 heavy (non-hydrogen) atoms. The average Bonchev–Trinajstić information content (AvgIpc) is 2.35. The molecule has 0 atom stereocenters. The molecular weight excluding hydrogens is 283 g/mol. The maximum Gasteiger partial charge on any atom is 0.422 e. The largest absolute Gasteiger partial charge is 0.496 e. The third kappa shape index (κ3) is 4.67. The second-order valence-corrected chi connectivity index (χ2v) is 3.54. The molecule has 0 unspecified atom stereocenters. The van der Waals surface area contributed by atoms with Gasteiger partial charge in [0, 0.05) is 11.8 Å². The summed E-state index contributed by atoms with van der Waals surface area (Å²) in [6.07, 6.45) is -5.94. The van der Waals surface area contributed by atoms with Gasteiger partial charge in [0.2, 0.25) is 0 Å². The number of carbonyl (C=O) groups is 2. The van der Waals surface area contributed by atoms with Crippen molar-refractivity contribution in [2.45, 2.75) is 6.18 Å². The van der Waals surface area contributed by atoms with E-state index in [2.05, 4.69) is 4.74 Å². The number of ether oxygens (including phenoxy) is 2. The summed E-state index contributed by atoms with van der Waals surface area (Å²) in [6.45, 7) is -1.72. The fourth-order valence-electron chi connectivity index (χ4n) is 1.25. The number of hydrogen-bond acceptors (Lipinski definition) is 4. The lowest BCUT2D eigenvalue weighted by Crippen LogP contribution is -2.23. The molecule has 6 nitrogen and oxygen atoms in total. The van der Waals surface area contributed by atoms with Crippen molar-refractivity contribution in [2.24, 2.45) is 0 Å². The van der Waals surface area contributed by atoms with E-state index in [-0.39, 0.29) is 17.0 Å². The molecular formula is C11H10F3NO5. The van der Waals surface area contributed by atoms with E-state index < -0.39 is 24.8 Å². The maximum atomic E-state index is 11.8. The van der Waals surface area contributed by atoms with Gasteiger partial charge in [0.1, 0.15) is 11.3 Å². The highest BCUT2D eigenvalue weighted by molar-refractivity contribution is 5.93. The SMILES string of the molecule is COc1cc(NC(=O)OCC(F)(F)F)ccc1C(=O)O. The Morgan fingerprint density at radius 3 is 2.50 bits per heavy atom. The second-order valence-electron chi connectivity index (χ2n) is 3.54. The third-order valence-electron chi connectivity index (χ3n) is 2.05. The van der Waals surface area contributed by atoms with E-state index in [1.54, 1.807) is 0 Å². The van der Waals surface area contributed by atoms with Crippen LogP contribution < -0.4 is 10.1 Å². The zero-order valence-corrected chi connectivity index (χ0v) is 10.2. The van der Waals surface area contributed by atoms with E-state index in [4.69, 9.17) is 9.84 Å². The molecule has 0 aromatic heterocycles. The third-order valence-corrected chi connectivity index (χ3v) is 2.05. The lowest BCUT2D eigenvalue weighted by molar-refractivity contribution is -0.159. The Labute approximate surface area is 111 Å². The van der Waals surface area contributed by atoms with Crippen molar-refractivity contribution in [1.29, 1.82) is 0 Å². The van der Waals surface area contributed by atoms with Crippen molar-refractivity contribution in [3.05, 3.63) is 23.8 Å². The smallest absolute Gasteiger partial charge is 0.422 e. The van der Waals surface area contributed by atoms with Crippen LogP contribution in [0.4, 0.5) is 23.7 Å². The monoisotopic (exact) mass is 293 g/mol. The fourth-order valence-corrected chi connectivity index (χ4v) is 1.25. The molecule has 0 saturated heterocycles. The van der Waals surface area contributed by atoms with E-state index in [0.717, 1.165) is 12.1 Å². The summed E-state index contributed by atoms with van der Waals surface area (Å²) in [7, 11) is 1.22. The number of hydrogen-bond donors (Lipinski definition) is 2. The van der Waals surface area contributed by atoms with Gasteiger partial charge in [-0.25, -0.2) is 9.59 Å². The Kier molecular flexibility index (Phi) is 4.78. The minimum absolute atomic E-state index is 0.0408. The number of rotatable bonds is 4. The second kappa shape index (κ2) is 6.13. The number of carbonyl (C=O) groups excluding carboxylic acids is 1. The predicted molar refractivity (Wildman–Crippen MR) is 61.0 cm³/mol. The number of benzene rings is 1. The zero-order chi connectivity index (χ0) is 15.3. The Hall–Kier alpha value is -2.45. The number of anilines is 1. The first-order valence-electron chi connectivity index (χ1n) is 5.15. The Balaban J connectivity index is 2.74. The normalized spacial score (nSPS) is 10.8. The summed E-state index contributed by atoms with van der Waals surface area (Å²) in [6, 6.07) is 3.49. The van der Waals surface area contributed by atoms with Gasteiger partial charge < -0.3 is 14.6 Å². The summed E-state index contributed by atoms with van der Waals surface area (Å²) < 4.78 is 44.2. The van der Waals surface area contributed by atoms with E-state index in [1.165, 1.54) is 13.2 Å². The Bertz CT molecular complexity index is 515. The number of carboxylic acids is 1. The highest BCUT2D eigenvalue weighted by Crippen LogP contribution is 2.23. The molecule has 0 spiro atoms. The zero-order valence-electron chi connectivity index (χ0n) is 10.2. The fraction of sp³-hybridized carbons (Fsp3) is 0.273. The summed E-state index contributed by atoms with van der Waals surface area (Å²) >= 11 is 0. The van der Waals surface area contributed by atoms with Crippen LogP contribution in [0, 0.1) is 0 Å². The molecule has 0 radical (unpaired) electrons. The molecule has 1 rings (SSSR count). The minimum atomic E-state index is -4.62. The van der Waals surface area contributed by atoms with Crippen molar-refractivity contribution in [2.75, 3.05) is 19.0 Å². The maximum absolute atomic E-state index is 11.8. The van der Waals surface area contributed by atoms with Gasteiger partial charge in [-0.3, -0.25) is 5.32 Å². The lowest BCUT2D eigenvalue weighted by Gasteiger charge is -2.11. The van der Waals surface area contributed by atoms with Crippen LogP contribution in [-0.2, 0) is 4.74 Å². The predicted octanol–water partition coefficient (Wildman–Crippen LogP) is 2.50. The Morgan fingerprint density at radius 2 is 2.00 bits per heavy atom. The minimum Gasteiger partial charge on any atom is -0.496 e. The number of nitrogens with one attached hydrogen (secondary N) is 1. The van der Waals surface area contributed by atoms with Crippen molar-refractivity contribution < 1.29 is 37.3 Å². The van der Waals surface area contributed by atoms with Crippen LogP contribution in [0.5, 0.6) is 5.75 Å². The number of carboxylic acid groups (broad SMARTS) is 1. The van der Waals surface area contributed by atoms with E-state index in [1.807, 2.05) is 5.32 Å². The summed E-state index contributed by atoms with van der Waals surface area (Å²) in [5, 5.41) is 10.8. The molecule has 0 aliphatic heterocycles. The molecule has 0 saturated carbocycles. The van der Waals surface area contributed by atoms with Crippen molar-refractivity contribution in [1.82, 2.24) is 0 Å². The molecule has 0 bridgehead atoms. The average molecular weight is 293 g/mol. The van der Waals surface area contributed by atoms with Crippen molar-refractivity contribution in [3.8, 4) is 5.75 Å². The van der Waals surface area contributed by atoms with Crippen LogP contribution in [0.3, 0.4) is 0 Å². The van der Waals surface area contributed by atoms with Crippen molar-refractivity contribution >= 4 is 17.7 Å². The van der Waals surface area contributed by atoms with Crippen LogP contribution in [0.2, 0.25) is 0 Å². The van der Waals surface area contributed by atoms with Gasteiger partial charge in [-0.05, 0) is 12.1 Å². The molecule has 0 aliphatic carbocycles. The summed E-state index contributed by atoms with van der Waals surface area (Å²) in [5.74, 6) is -1.29. The van der Waals surface area contributed by atoms with Gasteiger partial charge >= 0.3 is 18.2 Å². The number of alkyl halides is 3. The topological polar surface area (TPSA) is 84.9 Å². The molecule has 1 aromatic rings. The first kappa shape index (κ1) is 15.6. The molecule has 110 valence electrons. The molecule has 9 heteroatoms. The molecule has 0 fully saturated rings. The van der Waals surface area contributed by atoms with Gasteiger partial charge in [-0.2, -0.15) is 13.2 Å². The van der Waals surface area contributed by atoms with Gasteiger partial charge in [-0.15, -0.1) is 0 Å². The van der Waals surface area contributed by atoms with Crippen LogP contribution in [0.15, 0.2) is 18.2 Å². The molecule has 1 aromatic carbocycles. The molecule has 1 amide bonds. The Morgan fingerprint density at radius 1 is 1.35 bits per heavy atom. The number of methoxy groups -OCH3 is 1. The highest BCUT2D eigenvalue weighted by atomic mass is 19.4. The standard InChI is InChI=1S/C11H10F3NO5/c1-19-8-4-6(2-3-7(8)9(16)17)15-10(18)20-5-11(12,13)14/h2-4H,5H2,1H3,(H,15,18)(H,16,17). The van der Waals surface area contributed by atoms with Crippen LogP contribution in [-0.4, -0.2) is 37.1 Å². The summed E-state index contributed by atoms with van der Waals surface area (Å²) in [5.41, 5.74) is -0.110. The van der Waals surface area contributed by atoms with E-state index >= 15 is 0 Å². The van der Waals surface area contributed by atoms with E-state index in [9.17, 15) is 22.8 Å². The number of aromatic carboxylic acids is 1. The van der Waals surface area contributed by atoms with Crippen LogP contribution >= 0.6 is 0 Å². The van der Waals surface area contributed by atoms with Gasteiger partial charge in [0.05, 0.1) is 7.11 Å². The molecule has 0 aliphatic rings. The van der Waals surface area contributed by atoms with Crippen LogP contribution in [0.25, 0.3) is 0 Å². The quantitative estimate of drug-likeness (QED) is 0.891. The number of amides is 1. The van der Waals surface area contributed by atoms with Gasteiger partial charge in [0.25, 0.3) is 0 Å². The molecule has 0 heterocycles. The highest BCUT2D eigenvalue weighted by Gasteiger charge is 2.29. The van der Waals surface area contributed by atoms with Crippen molar-refractivity contribution in [3.63, 3.8) is 0 Å². The first-order valence-corrected chi connectivity index (χ1v) is 5.15. The summed E-state index contributed by atoms with van der Waals surface area (Å²) in [4.78, 5) is 21.9. The van der Waals surface area contributed by atoms with Crippen LogP contribution in [0.1, 0.15) is 10.4 Å². The molecule has 2 N–H and O–H groups in total. The first-order chi connectivity index (χ1) is 9.23.